The van der Waals surface area contributed by atoms with Crippen molar-refractivity contribution in [2.24, 2.45) is 13.0 Å². The average molecular weight is 446 g/mol. The zero-order valence-electron chi connectivity index (χ0n) is 15.5. The fraction of sp³-hybridized carbons (Fsp3) is 0.444. The van der Waals surface area contributed by atoms with E-state index < -0.39 is 15.9 Å². The Bertz CT molecular complexity index is 1040. The van der Waals surface area contributed by atoms with Crippen LogP contribution in [0.5, 0.6) is 0 Å². The Morgan fingerprint density at radius 3 is 2.39 bits per heavy atom. The molecule has 28 heavy (non-hydrogen) atoms. The lowest BCUT2D eigenvalue weighted by Gasteiger charge is -2.28. The molecule has 2 N–H and O–H groups in total. The molecule has 2 amide bonds. The van der Waals surface area contributed by atoms with E-state index in [0.717, 1.165) is 11.8 Å². The second-order valence-electron chi connectivity index (χ2n) is 7.14. The lowest BCUT2D eigenvalue weighted by Crippen LogP contribution is -2.42. The van der Waals surface area contributed by atoms with Crippen molar-refractivity contribution in [3.05, 3.63) is 33.9 Å². The van der Waals surface area contributed by atoms with Gasteiger partial charge < -0.3 is 9.88 Å². The second-order valence-corrected chi connectivity index (χ2v) is 9.68. The molecular weight excluding hydrogens is 425 g/mol. The second kappa shape index (κ2) is 7.93. The predicted molar refractivity (Wildman–Crippen MR) is 109 cm³/mol. The quantitative estimate of drug-likeness (QED) is 0.755. The molecule has 1 fully saturated rings. The van der Waals surface area contributed by atoms with E-state index in [1.165, 1.54) is 0 Å². The highest BCUT2D eigenvalue weighted by atomic mass is 35.5. The zero-order valence-corrected chi connectivity index (χ0v) is 17.8. The first-order valence-electron chi connectivity index (χ1n) is 8.82. The van der Waals surface area contributed by atoms with E-state index in [9.17, 15) is 18.0 Å². The molecule has 1 aromatic carbocycles. The maximum Gasteiger partial charge on any atom is 0.268 e. The minimum atomic E-state index is -3.56. The third kappa shape index (κ3) is 4.45. The monoisotopic (exact) mass is 445 g/mol. The number of carbonyl (C=O) groups excluding carboxylic acids is 2. The average Bonchev–Trinajstić information content (AvgIpc) is 2.95. The van der Waals surface area contributed by atoms with Gasteiger partial charge in [-0.2, -0.15) is 0 Å². The van der Waals surface area contributed by atoms with Crippen molar-refractivity contribution in [1.29, 1.82) is 0 Å². The largest absolute Gasteiger partial charge is 0.348 e. The van der Waals surface area contributed by atoms with Crippen molar-refractivity contribution in [2.75, 3.05) is 6.26 Å². The number of benzene rings is 1. The first-order valence-corrected chi connectivity index (χ1v) is 11.5. The molecule has 0 bridgehead atoms. The summed E-state index contributed by atoms with van der Waals surface area (Å²) in [5.74, 6) is -1.07. The standard InChI is InChI=1S/C18H21Cl2N3O4S/c1-23-14-8-7-13(19)16(20)12(14)9-15(23)18(25)21-11-5-3-10(4-6-11)17(24)22-28(2,26)27/h7-11H,3-6H2,1-2H3,(H,21,25)(H,22,24). The Hall–Kier alpha value is -1.77. The molecule has 3 rings (SSSR count). The Morgan fingerprint density at radius 1 is 1.14 bits per heavy atom. The van der Waals surface area contributed by atoms with Crippen molar-refractivity contribution in [1.82, 2.24) is 14.6 Å². The summed E-state index contributed by atoms with van der Waals surface area (Å²) in [6, 6.07) is 5.14. The molecule has 0 radical (unpaired) electrons. The van der Waals surface area contributed by atoms with Crippen LogP contribution in [0.1, 0.15) is 36.2 Å². The number of aryl methyl sites for hydroxylation is 1. The van der Waals surface area contributed by atoms with Gasteiger partial charge in [-0.05, 0) is 43.9 Å². The van der Waals surface area contributed by atoms with Crippen molar-refractivity contribution >= 4 is 55.9 Å². The van der Waals surface area contributed by atoms with Gasteiger partial charge in [0.2, 0.25) is 15.9 Å². The molecule has 1 saturated carbocycles. The van der Waals surface area contributed by atoms with Crippen LogP contribution in [-0.4, -0.2) is 37.1 Å². The number of nitrogens with one attached hydrogen (secondary N) is 2. The highest BCUT2D eigenvalue weighted by Gasteiger charge is 2.29. The molecule has 2 aromatic rings. The van der Waals surface area contributed by atoms with Gasteiger partial charge in [-0.25, -0.2) is 8.42 Å². The van der Waals surface area contributed by atoms with Gasteiger partial charge in [-0.1, -0.05) is 23.2 Å². The van der Waals surface area contributed by atoms with Crippen LogP contribution < -0.4 is 10.0 Å². The maximum atomic E-state index is 12.7. The fourth-order valence-electron chi connectivity index (χ4n) is 3.59. The summed E-state index contributed by atoms with van der Waals surface area (Å²) in [6.07, 6.45) is 3.19. The first-order chi connectivity index (χ1) is 13.1. The lowest BCUT2D eigenvalue weighted by atomic mass is 9.85. The van der Waals surface area contributed by atoms with E-state index in [2.05, 4.69) is 5.32 Å². The van der Waals surface area contributed by atoms with Crippen LogP contribution in [0.2, 0.25) is 10.0 Å². The number of carbonyl (C=O) groups is 2. The molecule has 0 aliphatic heterocycles. The van der Waals surface area contributed by atoms with Gasteiger partial charge in [-0.15, -0.1) is 0 Å². The lowest BCUT2D eigenvalue weighted by molar-refractivity contribution is -0.124. The topological polar surface area (TPSA) is 97.3 Å². The number of amides is 2. The predicted octanol–water partition coefficient (Wildman–Crippen LogP) is 2.85. The summed E-state index contributed by atoms with van der Waals surface area (Å²) in [5, 5.41) is 4.54. The number of aromatic nitrogens is 1. The molecule has 0 spiro atoms. The van der Waals surface area contributed by atoms with Gasteiger partial charge in [-0.3, -0.25) is 14.3 Å². The van der Waals surface area contributed by atoms with Crippen molar-refractivity contribution in [3.8, 4) is 0 Å². The van der Waals surface area contributed by atoms with Crippen molar-refractivity contribution < 1.29 is 18.0 Å². The number of hydrogen-bond donors (Lipinski definition) is 2. The van der Waals surface area contributed by atoms with Crippen LogP contribution >= 0.6 is 23.2 Å². The minimum Gasteiger partial charge on any atom is -0.348 e. The number of sulfonamides is 1. The zero-order chi connectivity index (χ0) is 20.6. The van der Waals surface area contributed by atoms with E-state index >= 15 is 0 Å². The molecule has 0 atom stereocenters. The van der Waals surface area contributed by atoms with Gasteiger partial charge in [0.15, 0.2) is 0 Å². The van der Waals surface area contributed by atoms with E-state index in [-0.39, 0.29) is 17.9 Å². The molecular formula is C18H21Cl2N3O4S. The third-order valence-electron chi connectivity index (χ3n) is 5.07. The summed E-state index contributed by atoms with van der Waals surface area (Å²) in [6.45, 7) is 0. The molecule has 7 nitrogen and oxygen atoms in total. The number of nitrogens with zero attached hydrogens (tertiary/aromatic N) is 1. The Morgan fingerprint density at radius 2 is 1.79 bits per heavy atom. The highest BCUT2D eigenvalue weighted by molar-refractivity contribution is 7.89. The summed E-state index contributed by atoms with van der Waals surface area (Å²) in [5.41, 5.74) is 1.27. The summed E-state index contributed by atoms with van der Waals surface area (Å²) in [4.78, 5) is 24.7. The number of rotatable bonds is 4. The van der Waals surface area contributed by atoms with Gasteiger partial charge >= 0.3 is 0 Å². The molecule has 0 unspecified atom stereocenters. The fourth-order valence-corrected chi connectivity index (χ4v) is 4.50. The normalized spacial score (nSPS) is 20.1. The highest BCUT2D eigenvalue weighted by Crippen LogP contribution is 2.32. The number of halogens is 2. The molecule has 152 valence electrons. The third-order valence-corrected chi connectivity index (χ3v) is 6.46. The summed E-state index contributed by atoms with van der Waals surface area (Å²) >= 11 is 12.3. The SMILES string of the molecule is Cn1c(C(=O)NC2CCC(C(=O)NS(C)(=O)=O)CC2)cc2c(Cl)c(Cl)ccc21. The van der Waals surface area contributed by atoms with Crippen LogP contribution in [0.25, 0.3) is 10.9 Å². The van der Waals surface area contributed by atoms with Crippen LogP contribution in [-0.2, 0) is 21.9 Å². The molecule has 1 aromatic heterocycles. The maximum absolute atomic E-state index is 12.7. The van der Waals surface area contributed by atoms with Crippen molar-refractivity contribution in [2.45, 2.75) is 31.7 Å². The van der Waals surface area contributed by atoms with E-state index in [1.807, 2.05) is 10.8 Å². The Kier molecular flexibility index (Phi) is 5.93. The van der Waals surface area contributed by atoms with Crippen LogP contribution in [0.15, 0.2) is 18.2 Å². The van der Waals surface area contributed by atoms with Crippen LogP contribution in [0.3, 0.4) is 0 Å². The van der Waals surface area contributed by atoms with Crippen LogP contribution in [0, 0.1) is 5.92 Å². The number of fused-ring (bicyclic) bond motifs is 1. The molecule has 0 saturated heterocycles. The Labute approximate surface area is 173 Å². The molecule has 1 aliphatic rings. The van der Waals surface area contributed by atoms with Gasteiger partial charge in [0.25, 0.3) is 5.91 Å². The van der Waals surface area contributed by atoms with Crippen molar-refractivity contribution in [3.63, 3.8) is 0 Å². The summed E-state index contributed by atoms with van der Waals surface area (Å²) < 4.78 is 26.2. The minimum absolute atomic E-state index is 0.0770. The van der Waals surface area contributed by atoms with Gasteiger partial charge in [0.1, 0.15) is 5.69 Å². The van der Waals surface area contributed by atoms with E-state index in [4.69, 9.17) is 23.2 Å². The van der Waals surface area contributed by atoms with Gasteiger partial charge in [0, 0.05) is 29.9 Å². The van der Waals surface area contributed by atoms with E-state index in [0.29, 0.717) is 46.8 Å². The van der Waals surface area contributed by atoms with E-state index in [1.54, 1.807) is 23.7 Å². The van der Waals surface area contributed by atoms with Gasteiger partial charge in [0.05, 0.1) is 16.3 Å². The summed E-state index contributed by atoms with van der Waals surface area (Å²) in [7, 11) is -1.77. The first kappa shape index (κ1) is 21.0. The Balaban J connectivity index is 1.65. The molecule has 1 aliphatic carbocycles. The van der Waals surface area contributed by atoms with Crippen LogP contribution in [0.4, 0.5) is 0 Å². The smallest absolute Gasteiger partial charge is 0.268 e. The molecule has 10 heteroatoms. The molecule has 1 heterocycles. The number of hydrogen-bond acceptors (Lipinski definition) is 4.